The molecule has 158 valence electrons. The summed E-state index contributed by atoms with van der Waals surface area (Å²) in [6, 6.07) is 9.55. The van der Waals surface area contributed by atoms with Gasteiger partial charge in [-0.05, 0) is 37.1 Å². The molecular weight excluding hydrogens is 396 g/mol. The number of benzene rings is 1. The minimum atomic E-state index is -3.98. The van der Waals surface area contributed by atoms with E-state index in [9.17, 15) is 18.0 Å². The molecule has 29 heavy (non-hydrogen) atoms. The summed E-state index contributed by atoms with van der Waals surface area (Å²) in [4.78, 5) is 24.0. The largest absolute Gasteiger partial charge is 0.468 e. The fourth-order valence-corrected chi connectivity index (χ4v) is 3.72. The van der Waals surface area contributed by atoms with Crippen molar-refractivity contribution >= 4 is 21.9 Å². The van der Waals surface area contributed by atoms with Crippen LogP contribution in [0.25, 0.3) is 0 Å². The Balaban J connectivity index is 2.09. The van der Waals surface area contributed by atoms with Gasteiger partial charge in [-0.15, -0.1) is 0 Å². The molecule has 0 aliphatic heterocycles. The lowest BCUT2D eigenvalue weighted by molar-refractivity contribution is -0.148. The first-order chi connectivity index (χ1) is 13.7. The number of hydrogen-bond acceptors (Lipinski definition) is 6. The van der Waals surface area contributed by atoms with Crippen molar-refractivity contribution in [1.29, 1.82) is 0 Å². The predicted octanol–water partition coefficient (Wildman–Crippen LogP) is 2.09. The van der Waals surface area contributed by atoms with Crippen LogP contribution in [-0.4, -0.2) is 44.3 Å². The van der Waals surface area contributed by atoms with Crippen molar-refractivity contribution in [3.63, 3.8) is 0 Å². The van der Waals surface area contributed by atoms with Crippen LogP contribution < -0.4 is 5.32 Å². The number of rotatable bonds is 10. The van der Waals surface area contributed by atoms with Gasteiger partial charge in [-0.25, -0.2) is 8.42 Å². The summed E-state index contributed by atoms with van der Waals surface area (Å²) in [7, 11) is -3.98. The summed E-state index contributed by atoms with van der Waals surface area (Å²) >= 11 is 0. The van der Waals surface area contributed by atoms with Crippen molar-refractivity contribution in [2.75, 3.05) is 19.7 Å². The Labute approximate surface area is 170 Å². The highest BCUT2D eigenvalue weighted by Gasteiger charge is 2.28. The van der Waals surface area contributed by atoms with Crippen LogP contribution in [0.2, 0.25) is 0 Å². The van der Waals surface area contributed by atoms with E-state index < -0.39 is 35.1 Å². The van der Waals surface area contributed by atoms with Gasteiger partial charge in [0.25, 0.3) is 5.91 Å². The Kier molecular flexibility index (Phi) is 7.98. The molecule has 0 radical (unpaired) electrons. The molecule has 1 N–H and O–H groups in total. The number of hydrogen-bond donors (Lipinski definition) is 1. The van der Waals surface area contributed by atoms with Crippen LogP contribution in [0, 0.1) is 12.8 Å². The molecule has 1 heterocycles. The quantitative estimate of drug-likeness (QED) is 0.588. The van der Waals surface area contributed by atoms with Crippen molar-refractivity contribution in [3.05, 3.63) is 54.0 Å². The second kappa shape index (κ2) is 10.2. The smallest absolute Gasteiger partial charge is 0.321 e. The molecule has 0 spiro atoms. The standard InChI is InChI=1S/C20H26N2O6S/c1-15(2)11-21-19(23)14-28-20(24)13-22(12-17-5-4-10-27-17)29(25,26)18-8-6-16(3)7-9-18/h4-10,15H,11-14H2,1-3H3,(H,21,23). The molecule has 9 heteroatoms. The number of esters is 1. The van der Waals surface area contributed by atoms with E-state index in [0.29, 0.717) is 12.3 Å². The topological polar surface area (TPSA) is 106 Å². The van der Waals surface area contributed by atoms with E-state index in [4.69, 9.17) is 9.15 Å². The monoisotopic (exact) mass is 422 g/mol. The number of sulfonamides is 1. The first-order valence-electron chi connectivity index (χ1n) is 9.20. The van der Waals surface area contributed by atoms with E-state index in [1.165, 1.54) is 18.4 Å². The molecule has 0 unspecified atom stereocenters. The van der Waals surface area contributed by atoms with Crippen LogP contribution in [0.3, 0.4) is 0 Å². The molecule has 1 amide bonds. The lowest BCUT2D eigenvalue weighted by Crippen LogP contribution is -2.37. The van der Waals surface area contributed by atoms with E-state index >= 15 is 0 Å². The molecule has 0 saturated carbocycles. The Morgan fingerprint density at radius 2 is 1.86 bits per heavy atom. The lowest BCUT2D eigenvalue weighted by atomic mass is 10.2. The summed E-state index contributed by atoms with van der Waals surface area (Å²) in [6.45, 7) is 5.03. The van der Waals surface area contributed by atoms with Gasteiger partial charge in [0.15, 0.2) is 6.61 Å². The molecule has 0 atom stereocenters. The maximum Gasteiger partial charge on any atom is 0.321 e. The van der Waals surface area contributed by atoms with Gasteiger partial charge in [0.2, 0.25) is 10.0 Å². The molecule has 0 aliphatic rings. The van der Waals surface area contributed by atoms with E-state index in [1.807, 2.05) is 20.8 Å². The van der Waals surface area contributed by atoms with Crippen molar-refractivity contribution in [3.8, 4) is 0 Å². The van der Waals surface area contributed by atoms with Gasteiger partial charge in [0.1, 0.15) is 12.3 Å². The van der Waals surface area contributed by atoms with Crippen LogP contribution in [0.5, 0.6) is 0 Å². The number of aryl methyl sites for hydroxylation is 1. The zero-order valence-corrected chi connectivity index (χ0v) is 17.6. The minimum Gasteiger partial charge on any atom is -0.468 e. The summed E-state index contributed by atoms with van der Waals surface area (Å²) in [5.74, 6) is -0.626. The van der Waals surface area contributed by atoms with Gasteiger partial charge < -0.3 is 14.5 Å². The number of amides is 1. The molecule has 1 aromatic carbocycles. The molecule has 2 aromatic rings. The normalized spacial score (nSPS) is 11.6. The van der Waals surface area contributed by atoms with Gasteiger partial charge in [-0.3, -0.25) is 9.59 Å². The maximum absolute atomic E-state index is 13.0. The van der Waals surface area contributed by atoms with E-state index in [1.54, 1.807) is 24.3 Å². The first-order valence-corrected chi connectivity index (χ1v) is 10.6. The van der Waals surface area contributed by atoms with Gasteiger partial charge in [-0.1, -0.05) is 31.5 Å². The van der Waals surface area contributed by atoms with Crippen molar-refractivity contribution in [1.82, 2.24) is 9.62 Å². The molecule has 0 aliphatic carbocycles. The summed E-state index contributed by atoms with van der Waals surface area (Å²) in [6.07, 6.45) is 1.42. The van der Waals surface area contributed by atoms with E-state index in [2.05, 4.69) is 5.32 Å². The Morgan fingerprint density at radius 3 is 2.45 bits per heavy atom. The number of carbonyl (C=O) groups is 2. The summed E-state index contributed by atoms with van der Waals surface area (Å²) in [5, 5.41) is 2.63. The van der Waals surface area contributed by atoms with E-state index in [-0.39, 0.29) is 17.4 Å². The first kappa shape index (κ1) is 22.6. The number of nitrogens with one attached hydrogen (secondary N) is 1. The van der Waals surface area contributed by atoms with Gasteiger partial charge in [0.05, 0.1) is 17.7 Å². The second-order valence-corrected chi connectivity index (χ2v) is 8.96. The van der Waals surface area contributed by atoms with Gasteiger partial charge in [0, 0.05) is 6.54 Å². The fraction of sp³-hybridized carbons (Fsp3) is 0.400. The highest BCUT2D eigenvalue weighted by Crippen LogP contribution is 2.19. The summed E-state index contributed by atoms with van der Waals surface area (Å²) in [5.41, 5.74) is 0.911. The minimum absolute atomic E-state index is 0.0529. The van der Waals surface area contributed by atoms with Crippen molar-refractivity contribution in [2.45, 2.75) is 32.2 Å². The Hall–Kier alpha value is -2.65. The highest BCUT2D eigenvalue weighted by atomic mass is 32.2. The van der Waals surface area contributed by atoms with Crippen molar-refractivity contribution < 1.29 is 27.2 Å². The van der Waals surface area contributed by atoms with Crippen LogP contribution in [0.1, 0.15) is 25.2 Å². The highest BCUT2D eigenvalue weighted by molar-refractivity contribution is 7.89. The van der Waals surface area contributed by atoms with Gasteiger partial charge in [-0.2, -0.15) is 4.31 Å². The molecule has 0 fully saturated rings. The van der Waals surface area contributed by atoms with Crippen LogP contribution >= 0.6 is 0 Å². The molecule has 0 saturated heterocycles. The zero-order valence-electron chi connectivity index (χ0n) is 16.8. The lowest BCUT2D eigenvalue weighted by Gasteiger charge is -2.20. The number of ether oxygens (including phenoxy) is 1. The number of nitrogens with zero attached hydrogens (tertiary/aromatic N) is 1. The zero-order chi connectivity index (χ0) is 21.4. The molecular formula is C20H26N2O6S. The third-order valence-electron chi connectivity index (χ3n) is 3.95. The molecule has 2 rings (SSSR count). The molecule has 1 aromatic heterocycles. The van der Waals surface area contributed by atoms with E-state index in [0.717, 1.165) is 9.87 Å². The fourth-order valence-electron chi connectivity index (χ4n) is 2.37. The SMILES string of the molecule is Cc1ccc(S(=O)(=O)N(CC(=O)OCC(=O)NCC(C)C)Cc2ccco2)cc1. The average molecular weight is 423 g/mol. The number of carbonyl (C=O) groups excluding carboxylic acids is 2. The predicted molar refractivity (Wildman–Crippen MR) is 106 cm³/mol. The third kappa shape index (κ3) is 7.03. The van der Waals surface area contributed by atoms with Crippen molar-refractivity contribution in [2.24, 2.45) is 5.92 Å². The number of furan rings is 1. The molecule has 0 bridgehead atoms. The second-order valence-electron chi connectivity index (χ2n) is 7.02. The Bertz CT molecular complexity index is 905. The van der Waals surface area contributed by atoms with Crippen LogP contribution in [0.15, 0.2) is 52.0 Å². The van der Waals surface area contributed by atoms with Crippen LogP contribution in [0.4, 0.5) is 0 Å². The third-order valence-corrected chi connectivity index (χ3v) is 5.75. The molecule has 8 nitrogen and oxygen atoms in total. The maximum atomic E-state index is 13.0. The average Bonchev–Trinajstić information content (AvgIpc) is 3.17. The summed E-state index contributed by atoms with van der Waals surface area (Å²) < 4.78 is 37.2. The van der Waals surface area contributed by atoms with Crippen LogP contribution in [-0.2, 0) is 30.9 Å². The van der Waals surface area contributed by atoms with Gasteiger partial charge >= 0.3 is 5.97 Å². The Morgan fingerprint density at radius 1 is 1.17 bits per heavy atom.